The number of benzene rings is 3. The van der Waals surface area contributed by atoms with E-state index in [9.17, 15) is 0 Å². The first-order valence-corrected chi connectivity index (χ1v) is 14.6. The van der Waals surface area contributed by atoms with Gasteiger partial charge in [0.2, 0.25) is 0 Å². The first kappa shape index (κ1) is 27.3. The molecule has 0 amide bonds. The Bertz CT molecular complexity index is 1280. The Morgan fingerprint density at radius 1 is 1.00 bits per heavy atom. The number of methoxy groups -OCH3 is 1. The van der Waals surface area contributed by atoms with Crippen LogP contribution in [0.25, 0.3) is 5.57 Å². The fourth-order valence-electron chi connectivity index (χ4n) is 6.13. The highest BCUT2D eigenvalue weighted by Gasteiger charge is 2.27. The number of aryl methyl sites for hydroxylation is 1. The molecule has 1 N–H and O–H groups in total. The molecule has 1 atom stereocenters. The number of para-hydroxylation sites is 1. The molecule has 1 aliphatic heterocycles. The second-order valence-corrected chi connectivity index (χ2v) is 11.6. The largest absolute Gasteiger partial charge is 0.496 e. The molecule has 0 radical (unpaired) electrons. The van der Waals surface area contributed by atoms with E-state index in [-0.39, 0.29) is 0 Å². The molecule has 4 nitrogen and oxygen atoms in total. The predicted molar refractivity (Wildman–Crippen MR) is 163 cm³/mol. The number of anilines is 1. The van der Waals surface area contributed by atoms with E-state index < -0.39 is 0 Å². The van der Waals surface area contributed by atoms with E-state index >= 15 is 0 Å². The Morgan fingerprint density at radius 2 is 1.85 bits per heavy atom. The normalized spacial score (nSPS) is 17.4. The number of nitrogens with one attached hydrogen (secondary N) is 1. The van der Waals surface area contributed by atoms with Gasteiger partial charge in [-0.3, -0.25) is 4.90 Å². The maximum atomic E-state index is 6.26. The van der Waals surface area contributed by atoms with E-state index in [1.54, 1.807) is 12.7 Å². The number of hydrogen-bond acceptors (Lipinski definition) is 4. The first-order chi connectivity index (χ1) is 19.0. The summed E-state index contributed by atoms with van der Waals surface area (Å²) < 4.78 is 11.9. The van der Waals surface area contributed by atoms with Crippen molar-refractivity contribution in [2.24, 2.45) is 5.92 Å². The van der Waals surface area contributed by atoms with E-state index in [0.29, 0.717) is 18.6 Å². The van der Waals surface area contributed by atoms with Crippen molar-refractivity contribution in [2.75, 3.05) is 32.1 Å². The van der Waals surface area contributed by atoms with Crippen molar-refractivity contribution >= 4 is 11.3 Å². The summed E-state index contributed by atoms with van der Waals surface area (Å²) in [6.07, 6.45) is 5.82. The van der Waals surface area contributed by atoms with E-state index in [4.69, 9.17) is 9.47 Å². The number of fused-ring (bicyclic) bond motifs is 1. The predicted octanol–water partition coefficient (Wildman–Crippen LogP) is 7.77. The minimum atomic E-state index is 0.511. The second kappa shape index (κ2) is 12.7. The van der Waals surface area contributed by atoms with Gasteiger partial charge in [0.25, 0.3) is 0 Å². The van der Waals surface area contributed by atoms with Gasteiger partial charge in [0.15, 0.2) is 0 Å². The van der Waals surface area contributed by atoms with Crippen LogP contribution in [0.3, 0.4) is 0 Å². The molecule has 1 saturated heterocycles. The molecule has 0 saturated carbocycles. The zero-order valence-electron chi connectivity index (χ0n) is 24.1. The number of nitrogens with zero attached hydrogens (tertiary/aromatic N) is 1. The fraction of sp³-hybridized carbons (Fsp3) is 0.429. The van der Waals surface area contributed by atoms with E-state index in [2.05, 4.69) is 97.7 Å². The van der Waals surface area contributed by atoms with Crippen LogP contribution in [0.15, 0.2) is 72.3 Å². The lowest BCUT2D eigenvalue weighted by atomic mass is 9.86. The van der Waals surface area contributed by atoms with Crippen molar-refractivity contribution in [3.63, 3.8) is 0 Å². The summed E-state index contributed by atoms with van der Waals surface area (Å²) in [6.45, 7) is 10.6. The number of hydrogen-bond donors (Lipinski definition) is 1. The summed E-state index contributed by atoms with van der Waals surface area (Å²) in [5, 5.41) is 3.65. The van der Waals surface area contributed by atoms with Gasteiger partial charge in [0, 0.05) is 30.4 Å². The average molecular weight is 525 g/mol. The van der Waals surface area contributed by atoms with Gasteiger partial charge in [-0.15, -0.1) is 0 Å². The minimum absolute atomic E-state index is 0.511. The molecule has 1 aliphatic carbocycles. The van der Waals surface area contributed by atoms with Crippen LogP contribution in [-0.4, -0.2) is 37.7 Å². The Hall–Kier alpha value is -3.24. The van der Waals surface area contributed by atoms with Crippen molar-refractivity contribution in [1.82, 2.24) is 4.90 Å². The average Bonchev–Trinajstić information content (AvgIpc) is 3.39. The van der Waals surface area contributed by atoms with Crippen LogP contribution in [0.2, 0.25) is 0 Å². The maximum absolute atomic E-state index is 6.26. The van der Waals surface area contributed by atoms with Crippen molar-refractivity contribution < 1.29 is 9.47 Å². The van der Waals surface area contributed by atoms with Crippen LogP contribution in [-0.2, 0) is 19.4 Å². The minimum Gasteiger partial charge on any atom is -0.496 e. The smallest absolute Gasteiger partial charge is 0.125 e. The lowest BCUT2D eigenvalue weighted by molar-refractivity contribution is 0.282. The molecule has 4 heteroatoms. The zero-order chi connectivity index (χ0) is 27.2. The molecule has 1 heterocycles. The van der Waals surface area contributed by atoms with Gasteiger partial charge in [-0.25, -0.2) is 0 Å². The van der Waals surface area contributed by atoms with Gasteiger partial charge in [-0.1, -0.05) is 55.8 Å². The van der Waals surface area contributed by atoms with E-state index in [1.807, 2.05) is 0 Å². The maximum Gasteiger partial charge on any atom is 0.125 e. The summed E-state index contributed by atoms with van der Waals surface area (Å²) >= 11 is 0. The Kier molecular flexibility index (Phi) is 8.93. The van der Waals surface area contributed by atoms with Crippen molar-refractivity contribution in [3.05, 3.63) is 94.6 Å². The Balaban J connectivity index is 1.21. The molecule has 0 bridgehead atoms. The van der Waals surface area contributed by atoms with Gasteiger partial charge in [-0.05, 0) is 104 Å². The van der Waals surface area contributed by atoms with Crippen LogP contribution in [0.4, 0.5) is 5.69 Å². The third-order valence-electron chi connectivity index (χ3n) is 8.31. The highest BCUT2D eigenvalue weighted by atomic mass is 16.5. The van der Waals surface area contributed by atoms with Crippen LogP contribution in [0, 0.1) is 5.92 Å². The molecular formula is C35H44N2O2. The summed E-state index contributed by atoms with van der Waals surface area (Å²) in [5.74, 6) is 2.47. The summed E-state index contributed by atoms with van der Waals surface area (Å²) in [4.78, 5) is 2.69. The third kappa shape index (κ3) is 6.86. The van der Waals surface area contributed by atoms with Gasteiger partial charge < -0.3 is 14.8 Å². The van der Waals surface area contributed by atoms with Crippen LogP contribution >= 0.6 is 0 Å². The van der Waals surface area contributed by atoms with E-state index in [0.717, 1.165) is 49.4 Å². The topological polar surface area (TPSA) is 33.7 Å². The molecule has 5 rings (SSSR count). The summed E-state index contributed by atoms with van der Waals surface area (Å²) in [6, 6.07) is 24.3. The molecular weight excluding hydrogens is 480 g/mol. The number of likely N-dealkylation sites (tertiary alicyclic amines) is 1. The third-order valence-corrected chi connectivity index (χ3v) is 8.31. The summed E-state index contributed by atoms with van der Waals surface area (Å²) in [7, 11) is 1.74. The molecule has 1 fully saturated rings. The standard InChI is InChI=1S/C35H44N2O2/c1-25(2)19-27-12-13-30(35(20-27)38-4)24-39-33-16-17-34-26(3)29(15-14-28(34)21-33)23-37-18-8-11-32(37)22-36-31-9-6-5-7-10-31/h5-7,9-10,12-13,16-17,20-21,25,32,36H,8,11,14-15,18-19,22-24H2,1-4H3/t32-/m1/s1. The number of allylic oxidation sites excluding steroid dienone is 1. The molecule has 2 aliphatic rings. The second-order valence-electron chi connectivity index (χ2n) is 11.6. The van der Waals surface area contributed by atoms with Gasteiger partial charge in [0.1, 0.15) is 18.1 Å². The van der Waals surface area contributed by atoms with Gasteiger partial charge in [0.05, 0.1) is 7.11 Å². The van der Waals surface area contributed by atoms with Crippen molar-refractivity contribution in [3.8, 4) is 11.5 Å². The lowest BCUT2D eigenvalue weighted by Crippen LogP contribution is -2.36. The molecule has 39 heavy (non-hydrogen) atoms. The fourth-order valence-corrected chi connectivity index (χ4v) is 6.13. The SMILES string of the molecule is COc1cc(CC(C)C)ccc1COc1ccc2c(c1)CCC(CN1CCC[C@@H]1CNc1ccccc1)=C2C. The Labute approximate surface area is 235 Å². The van der Waals surface area contributed by atoms with Gasteiger partial charge >= 0.3 is 0 Å². The number of ether oxygens (including phenoxy) is 2. The van der Waals surface area contributed by atoms with Crippen LogP contribution < -0.4 is 14.8 Å². The zero-order valence-corrected chi connectivity index (χ0v) is 24.1. The highest BCUT2D eigenvalue weighted by Crippen LogP contribution is 2.35. The van der Waals surface area contributed by atoms with Gasteiger partial charge in [-0.2, -0.15) is 0 Å². The molecule has 3 aromatic carbocycles. The highest BCUT2D eigenvalue weighted by molar-refractivity contribution is 5.72. The number of rotatable bonds is 11. The lowest BCUT2D eigenvalue weighted by Gasteiger charge is -2.29. The molecule has 3 aromatic rings. The molecule has 206 valence electrons. The monoisotopic (exact) mass is 524 g/mol. The molecule has 0 unspecified atom stereocenters. The molecule has 0 aromatic heterocycles. The quantitative estimate of drug-likeness (QED) is 0.278. The molecule has 0 spiro atoms. The van der Waals surface area contributed by atoms with Crippen LogP contribution in [0.5, 0.6) is 11.5 Å². The van der Waals surface area contributed by atoms with Crippen molar-refractivity contribution in [1.29, 1.82) is 0 Å². The Morgan fingerprint density at radius 3 is 2.64 bits per heavy atom. The van der Waals surface area contributed by atoms with Crippen molar-refractivity contribution in [2.45, 2.75) is 65.5 Å². The first-order valence-electron chi connectivity index (χ1n) is 14.6. The summed E-state index contributed by atoms with van der Waals surface area (Å²) in [5.41, 5.74) is 9.44. The van der Waals surface area contributed by atoms with E-state index in [1.165, 1.54) is 47.3 Å². The van der Waals surface area contributed by atoms with Crippen LogP contribution in [0.1, 0.15) is 62.3 Å².